The van der Waals surface area contributed by atoms with E-state index in [-0.39, 0.29) is 0 Å². The number of carbonyl (C=O) groups excluding carboxylic acids is 1. The average molecular weight is 154 g/mol. The molecule has 64 valence electrons. The van der Waals surface area contributed by atoms with Gasteiger partial charge < -0.3 is 4.79 Å². The molecule has 0 saturated heterocycles. The molecule has 0 aliphatic rings. The number of aldehydes is 1. The summed E-state index contributed by atoms with van der Waals surface area (Å²) in [5.74, 6) is 0.783. The molecular formula is C10H18O. The maximum absolute atomic E-state index is 9.91. The second-order valence-corrected chi connectivity index (χ2v) is 3.19. The van der Waals surface area contributed by atoms with Gasteiger partial charge in [-0.05, 0) is 25.2 Å². The van der Waals surface area contributed by atoms with Crippen molar-refractivity contribution >= 4 is 6.29 Å². The average Bonchev–Trinajstić information content (AvgIpc) is 1.96. The van der Waals surface area contributed by atoms with Crippen LogP contribution in [0.15, 0.2) is 12.2 Å². The predicted molar refractivity (Wildman–Crippen MR) is 48.5 cm³/mol. The van der Waals surface area contributed by atoms with Gasteiger partial charge in [0.1, 0.15) is 6.29 Å². The highest BCUT2D eigenvalue weighted by Gasteiger charge is 1.88. The van der Waals surface area contributed by atoms with Crippen LogP contribution in [-0.4, -0.2) is 6.29 Å². The van der Waals surface area contributed by atoms with E-state index in [4.69, 9.17) is 0 Å². The van der Waals surface area contributed by atoms with Crippen LogP contribution in [0.3, 0.4) is 0 Å². The van der Waals surface area contributed by atoms with Gasteiger partial charge in [-0.2, -0.15) is 0 Å². The Morgan fingerprint density at radius 2 is 1.73 bits per heavy atom. The van der Waals surface area contributed by atoms with Gasteiger partial charge in [0, 0.05) is 6.42 Å². The summed E-state index contributed by atoms with van der Waals surface area (Å²) in [4.78, 5) is 9.91. The zero-order valence-electron chi connectivity index (χ0n) is 7.55. The zero-order valence-corrected chi connectivity index (χ0v) is 7.55. The maximum Gasteiger partial charge on any atom is 0.120 e. The van der Waals surface area contributed by atoms with E-state index in [0.29, 0.717) is 6.42 Å². The molecule has 0 atom stereocenters. The van der Waals surface area contributed by atoms with E-state index in [0.717, 1.165) is 25.0 Å². The Labute approximate surface area is 69.5 Å². The van der Waals surface area contributed by atoms with Gasteiger partial charge in [-0.1, -0.05) is 26.0 Å². The van der Waals surface area contributed by atoms with E-state index in [2.05, 4.69) is 26.0 Å². The summed E-state index contributed by atoms with van der Waals surface area (Å²) < 4.78 is 0. The predicted octanol–water partition coefficient (Wildman–Crippen LogP) is 2.96. The smallest absolute Gasteiger partial charge is 0.120 e. The van der Waals surface area contributed by atoms with Gasteiger partial charge in [0.2, 0.25) is 0 Å². The molecule has 0 radical (unpaired) electrons. The monoisotopic (exact) mass is 154 g/mol. The summed E-state index contributed by atoms with van der Waals surface area (Å²) in [5.41, 5.74) is 0. The van der Waals surface area contributed by atoms with E-state index in [1.54, 1.807) is 0 Å². The summed E-state index contributed by atoms with van der Waals surface area (Å²) in [5, 5.41) is 0. The molecule has 0 N–H and O–H groups in total. The molecule has 1 nitrogen and oxygen atoms in total. The highest BCUT2D eigenvalue weighted by molar-refractivity contribution is 5.49. The van der Waals surface area contributed by atoms with Crippen LogP contribution in [0.5, 0.6) is 0 Å². The van der Waals surface area contributed by atoms with Gasteiger partial charge in [-0.15, -0.1) is 0 Å². The lowest BCUT2D eigenvalue weighted by molar-refractivity contribution is -0.107. The molecule has 0 spiro atoms. The van der Waals surface area contributed by atoms with Crippen molar-refractivity contribution in [3.8, 4) is 0 Å². The number of unbranched alkanes of at least 4 members (excludes halogenated alkanes) is 1. The first-order valence-corrected chi connectivity index (χ1v) is 4.36. The molecule has 0 amide bonds. The molecule has 0 heterocycles. The van der Waals surface area contributed by atoms with E-state index in [9.17, 15) is 4.79 Å². The molecule has 0 aromatic heterocycles. The Bertz CT molecular complexity index is 114. The van der Waals surface area contributed by atoms with Crippen molar-refractivity contribution in [1.82, 2.24) is 0 Å². The molecule has 0 saturated carbocycles. The summed E-state index contributed by atoms with van der Waals surface area (Å²) in [7, 11) is 0. The molecule has 0 aromatic rings. The van der Waals surface area contributed by atoms with Crippen LogP contribution in [0, 0.1) is 5.92 Å². The standard InChI is InChI=1S/C10H18O/c1-10(2)8-6-4-3-5-7-9-11/h3-4,9-10H,5-8H2,1-2H3. The fourth-order valence-electron chi connectivity index (χ4n) is 0.830. The van der Waals surface area contributed by atoms with Crippen LogP contribution in [0.2, 0.25) is 0 Å². The fourth-order valence-corrected chi connectivity index (χ4v) is 0.830. The Morgan fingerprint density at radius 3 is 2.27 bits per heavy atom. The van der Waals surface area contributed by atoms with Gasteiger partial charge >= 0.3 is 0 Å². The summed E-state index contributed by atoms with van der Waals surface area (Å²) in [6, 6.07) is 0. The Hall–Kier alpha value is -0.590. The van der Waals surface area contributed by atoms with Gasteiger partial charge in [0.15, 0.2) is 0 Å². The third-order valence-corrected chi connectivity index (χ3v) is 1.53. The number of carbonyl (C=O) groups is 1. The Morgan fingerprint density at radius 1 is 1.09 bits per heavy atom. The van der Waals surface area contributed by atoms with Crippen LogP contribution >= 0.6 is 0 Å². The van der Waals surface area contributed by atoms with Crippen LogP contribution in [0.4, 0.5) is 0 Å². The van der Waals surface area contributed by atoms with Crippen molar-refractivity contribution < 1.29 is 4.79 Å². The molecule has 11 heavy (non-hydrogen) atoms. The fraction of sp³-hybridized carbons (Fsp3) is 0.700. The topological polar surface area (TPSA) is 17.1 Å². The van der Waals surface area contributed by atoms with Crippen LogP contribution in [0.1, 0.15) is 39.5 Å². The number of rotatable bonds is 6. The molecule has 0 rings (SSSR count). The minimum Gasteiger partial charge on any atom is -0.303 e. The minimum absolute atomic E-state index is 0.665. The van der Waals surface area contributed by atoms with Crippen LogP contribution in [0.25, 0.3) is 0 Å². The molecule has 0 fully saturated rings. The highest BCUT2D eigenvalue weighted by atomic mass is 16.1. The first-order chi connectivity index (χ1) is 5.27. The third-order valence-electron chi connectivity index (χ3n) is 1.53. The molecular weight excluding hydrogens is 136 g/mol. The van der Waals surface area contributed by atoms with Crippen molar-refractivity contribution in [1.29, 1.82) is 0 Å². The second kappa shape index (κ2) is 7.52. The second-order valence-electron chi connectivity index (χ2n) is 3.19. The highest BCUT2D eigenvalue weighted by Crippen LogP contribution is 2.04. The van der Waals surface area contributed by atoms with Crippen molar-refractivity contribution in [2.45, 2.75) is 39.5 Å². The molecule has 0 unspecified atom stereocenters. The third kappa shape index (κ3) is 9.41. The minimum atomic E-state index is 0.665. The van der Waals surface area contributed by atoms with Crippen LogP contribution in [-0.2, 0) is 4.79 Å². The summed E-state index contributed by atoms with van der Waals surface area (Å²) >= 11 is 0. The van der Waals surface area contributed by atoms with E-state index >= 15 is 0 Å². The SMILES string of the molecule is CC(C)CCC=CCCC=O. The molecule has 1 heteroatoms. The van der Waals surface area contributed by atoms with Crippen molar-refractivity contribution in [3.05, 3.63) is 12.2 Å². The van der Waals surface area contributed by atoms with E-state index in [1.165, 1.54) is 6.42 Å². The quantitative estimate of drug-likeness (QED) is 0.326. The lowest BCUT2D eigenvalue weighted by Crippen LogP contribution is -1.83. The van der Waals surface area contributed by atoms with Crippen LogP contribution < -0.4 is 0 Å². The lowest BCUT2D eigenvalue weighted by atomic mass is 10.1. The summed E-state index contributed by atoms with van der Waals surface area (Å²) in [6.45, 7) is 4.44. The lowest BCUT2D eigenvalue weighted by Gasteiger charge is -1.98. The summed E-state index contributed by atoms with van der Waals surface area (Å²) in [6.07, 6.45) is 9.20. The largest absolute Gasteiger partial charge is 0.303 e. The Kier molecular flexibility index (Phi) is 7.11. The first kappa shape index (κ1) is 10.4. The van der Waals surface area contributed by atoms with E-state index in [1.807, 2.05) is 0 Å². The van der Waals surface area contributed by atoms with Crippen molar-refractivity contribution in [3.63, 3.8) is 0 Å². The van der Waals surface area contributed by atoms with Crippen molar-refractivity contribution in [2.75, 3.05) is 0 Å². The van der Waals surface area contributed by atoms with E-state index < -0.39 is 0 Å². The van der Waals surface area contributed by atoms with Gasteiger partial charge in [0.05, 0.1) is 0 Å². The number of hydrogen-bond donors (Lipinski definition) is 0. The molecule has 0 bridgehead atoms. The normalized spacial score (nSPS) is 11.2. The Balaban J connectivity index is 3.09. The zero-order chi connectivity index (χ0) is 8.53. The van der Waals surface area contributed by atoms with Gasteiger partial charge in [0.25, 0.3) is 0 Å². The molecule has 0 aliphatic carbocycles. The van der Waals surface area contributed by atoms with Gasteiger partial charge in [-0.25, -0.2) is 0 Å². The van der Waals surface area contributed by atoms with Crippen molar-refractivity contribution in [2.24, 2.45) is 5.92 Å². The first-order valence-electron chi connectivity index (χ1n) is 4.36. The molecule has 0 aromatic carbocycles. The van der Waals surface area contributed by atoms with Gasteiger partial charge in [-0.3, -0.25) is 0 Å². The molecule has 0 aliphatic heterocycles. The number of hydrogen-bond acceptors (Lipinski definition) is 1. The number of allylic oxidation sites excluding steroid dienone is 2. The maximum atomic E-state index is 9.91.